The highest BCUT2D eigenvalue weighted by Gasteiger charge is 2.19. The fourth-order valence-corrected chi connectivity index (χ4v) is 1.60. The van der Waals surface area contributed by atoms with E-state index in [1.54, 1.807) is 25.6 Å². The number of nitrogens with zero attached hydrogens (tertiary/aromatic N) is 1. The third kappa shape index (κ3) is 3.82. The van der Waals surface area contributed by atoms with Crippen LogP contribution in [0.4, 0.5) is 0 Å². The Balaban J connectivity index is 2.83. The van der Waals surface area contributed by atoms with Crippen molar-refractivity contribution in [3.05, 3.63) is 24.0 Å². The minimum atomic E-state index is -0.390. The van der Waals surface area contributed by atoms with E-state index in [9.17, 15) is 4.79 Å². The van der Waals surface area contributed by atoms with Crippen LogP contribution in [0, 0.1) is 0 Å². The van der Waals surface area contributed by atoms with Crippen molar-refractivity contribution in [1.82, 2.24) is 4.98 Å². The molecule has 1 rings (SSSR count). The van der Waals surface area contributed by atoms with Crippen LogP contribution in [0.1, 0.15) is 37.0 Å². The van der Waals surface area contributed by atoms with Gasteiger partial charge in [0.25, 0.3) is 0 Å². The average Bonchev–Trinajstić information content (AvgIpc) is 2.36. The molecule has 0 amide bonds. The Morgan fingerprint density at radius 1 is 1.41 bits per heavy atom. The van der Waals surface area contributed by atoms with Crippen LogP contribution in [0.25, 0.3) is 0 Å². The van der Waals surface area contributed by atoms with Crippen molar-refractivity contribution >= 4 is 5.78 Å². The standard InChI is InChI=1S/C13H19NO3/c1-4-6-12(16-3)13(15)10-7-11(17-5-2)9-14-8-10/h7-9,12H,4-6H2,1-3H3. The molecule has 0 fully saturated rings. The number of ketones is 1. The van der Waals surface area contributed by atoms with Gasteiger partial charge in [0.05, 0.1) is 12.8 Å². The highest BCUT2D eigenvalue weighted by atomic mass is 16.5. The zero-order valence-corrected chi connectivity index (χ0v) is 10.6. The second-order valence-electron chi connectivity index (χ2n) is 3.72. The van der Waals surface area contributed by atoms with Crippen LogP contribution in [-0.2, 0) is 4.74 Å². The molecule has 1 unspecified atom stereocenters. The molecule has 0 aliphatic carbocycles. The van der Waals surface area contributed by atoms with Crippen molar-refractivity contribution in [2.75, 3.05) is 13.7 Å². The zero-order chi connectivity index (χ0) is 12.7. The van der Waals surface area contributed by atoms with Gasteiger partial charge in [0.15, 0.2) is 5.78 Å². The van der Waals surface area contributed by atoms with Gasteiger partial charge in [0.2, 0.25) is 0 Å². The Labute approximate surface area is 102 Å². The number of aromatic nitrogens is 1. The highest BCUT2D eigenvalue weighted by Crippen LogP contribution is 2.15. The molecule has 0 saturated carbocycles. The summed E-state index contributed by atoms with van der Waals surface area (Å²) in [5.41, 5.74) is 0.538. The molecule has 4 heteroatoms. The Morgan fingerprint density at radius 2 is 2.18 bits per heavy atom. The molecule has 0 N–H and O–H groups in total. The van der Waals surface area contributed by atoms with Crippen LogP contribution >= 0.6 is 0 Å². The molecule has 1 atom stereocenters. The molecular formula is C13H19NO3. The predicted molar refractivity (Wildman–Crippen MR) is 65.4 cm³/mol. The Bertz CT molecular complexity index is 365. The highest BCUT2D eigenvalue weighted by molar-refractivity contribution is 5.99. The van der Waals surface area contributed by atoms with Crippen molar-refractivity contribution in [2.24, 2.45) is 0 Å². The predicted octanol–water partition coefficient (Wildman–Crippen LogP) is 2.48. The van der Waals surface area contributed by atoms with Crippen molar-refractivity contribution < 1.29 is 14.3 Å². The molecule has 94 valence electrons. The van der Waals surface area contributed by atoms with Gasteiger partial charge in [-0.15, -0.1) is 0 Å². The quantitative estimate of drug-likeness (QED) is 0.683. The first-order chi connectivity index (χ1) is 8.22. The Morgan fingerprint density at radius 3 is 2.76 bits per heavy atom. The number of Topliss-reactive ketones (excluding diaryl/α,β-unsaturated/α-hetero) is 1. The van der Waals surface area contributed by atoms with E-state index in [0.717, 1.165) is 6.42 Å². The molecule has 4 nitrogen and oxygen atoms in total. The van der Waals surface area contributed by atoms with E-state index in [2.05, 4.69) is 4.98 Å². The second-order valence-corrected chi connectivity index (χ2v) is 3.72. The van der Waals surface area contributed by atoms with Gasteiger partial charge in [0.1, 0.15) is 11.9 Å². The van der Waals surface area contributed by atoms with Crippen molar-refractivity contribution in [1.29, 1.82) is 0 Å². The maximum Gasteiger partial charge on any atom is 0.193 e. The van der Waals surface area contributed by atoms with E-state index in [-0.39, 0.29) is 5.78 Å². The fourth-order valence-electron chi connectivity index (χ4n) is 1.60. The third-order valence-electron chi connectivity index (χ3n) is 2.44. The summed E-state index contributed by atoms with van der Waals surface area (Å²) in [6, 6.07) is 1.71. The van der Waals surface area contributed by atoms with E-state index < -0.39 is 6.10 Å². The van der Waals surface area contributed by atoms with Crippen LogP contribution in [0.2, 0.25) is 0 Å². The van der Waals surface area contributed by atoms with E-state index in [1.165, 1.54) is 0 Å². The van der Waals surface area contributed by atoms with Crippen LogP contribution < -0.4 is 4.74 Å². The number of methoxy groups -OCH3 is 1. The molecule has 0 saturated heterocycles. The minimum absolute atomic E-state index is 0.0385. The van der Waals surface area contributed by atoms with Crippen molar-refractivity contribution in [2.45, 2.75) is 32.8 Å². The SMILES string of the molecule is CCCC(OC)C(=O)c1cncc(OCC)c1. The average molecular weight is 237 g/mol. The van der Waals surface area contributed by atoms with E-state index >= 15 is 0 Å². The monoisotopic (exact) mass is 237 g/mol. The number of pyridine rings is 1. The van der Waals surface area contributed by atoms with E-state index in [4.69, 9.17) is 9.47 Å². The van der Waals surface area contributed by atoms with Crippen molar-refractivity contribution in [3.63, 3.8) is 0 Å². The van der Waals surface area contributed by atoms with Gasteiger partial charge in [-0.1, -0.05) is 13.3 Å². The van der Waals surface area contributed by atoms with Gasteiger partial charge in [0, 0.05) is 18.9 Å². The normalized spacial score (nSPS) is 12.2. The molecule has 0 aromatic carbocycles. The molecule has 1 aromatic heterocycles. The molecule has 0 aliphatic rings. The van der Waals surface area contributed by atoms with E-state index in [0.29, 0.717) is 24.3 Å². The first-order valence-electron chi connectivity index (χ1n) is 5.87. The van der Waals surface area contributed by atoms with Gasteiger partial charge in [-0.05, 0) is 19.4 Å². The number of hydrogen-bond acceptors (Lipinski definition) is 4. The fraction of sp³-hybridized carbons (Fsp3) is 0.538. The molecule has 0 bridgehead atoms. The Hall–Kier alpha value is -1.42. The maximum absolute atomic E-state index is 12.1. The van der Waals surface area contributed by atoms with Crippen LogP contribution in [0.3, 0.4) is 0 Å². The van der Waals surface area contributed by atoms with Crippen molar-refractivity contribution in [3.8, 4) is 5.75 Å². The lowest BCUT2D eigenvalue weighted by Gasteiger charge is -2.13. The summed E-state index contributed by atoms with van der Waals surface area (Å²) in [4.78, 5) is 16.1. The molecule has 1 heterocycles. The summed E-state index contributed by atoms with van der Waals surface area (Å²) in [5.74, 6) is 0.577. The molecule has 0 spiro atoms. The van der Waals surface area contributed by atoms with Crippen LogP contribution in [-0.4, -0.2) is 30.6 Å². The Kier molecular flexibility index (Phi) is 5.63. The molecule has 0 aliphatic heterocycles. The van der Waals surface area contributed by atoms with Gasteiger partial charge >= 0.3 is 0 Å². The van der Waals surface area contributed by atoms with Crippen LogP contribution in [0.5, 0.6) is 5.75 Å². The summed E-state index contributed by atoms with van der Waals surface area (Å²) in [7, 11) is 1.55. The summed E-state index contributed by atoms with van der Waals surface area (Å²) >= 11 is 0. The maximum atomic E-state index is 12.1. The molecule has 0 radical (unpaired) electrons. The smallest absolute Gasteiger partial charge is 0.193 e. The zero-order valence-electron chi connectivity index (χ0n) is 10.6. The number of carbonyl (C=O) groups excluding carboxylic acids is 1. The minimum Gasteiger partial charge on any atom is -0.492 e. The van der Waals surface area contributed by atoms with Gasteiger partial charge in [-0.2, -0.15) is 0 Å². The summed E-state index contributed by atoms with van der Waals surface area (Å²) < 4.78 is 10.5. The number of rotatable bonds is 7. The summed E-state index contributed by atoms with van der Waals surface area (Å²) in [6.45, 7) is 4.47. The van der Waals surface area contributed by atoms with E-state index in [1.807, 2.05) is 13.8 Å². The third-order valence-corrected chi connectivity index (χ3v) is 2.44. The number of carbonyl (C=O) groups is 1. The van der Waals surface area contributed by atoms with Gasteiger partial charge in [-0.25, -0.2) is 0 Å². The largest absolute Gasteiger partial charge is 0.492 e. The van der Waals surface area contributed by atoms with Crippen LogP contribution in [0.15, 0.2) is 18.5 Å². The topological polar surface area (TPSA) is 48.4 Å². The lowest BCUT2D eigenvalue weighted by Crippen LogP contribution is -2.23. The summed E-state index contributed by atoms with van der Waals surface area (Å²) in [5, 5.41) is 0. The molecule has 1 aromatic rings. The second kappa shape index (κ2) is 7.01. The molecule has 17 heavy (non-hydrogen) atoms. The van der Waals surface area contributed by atoms with Gasteiger partial charge in [-0.3, -0.25) is 9.78 Å². The summed E-state index contributed by atoms with van der Waals surface area (Å²) in [6.07, 6.45) is 4.38. The first-order valence-corrected chi connectivity index (χ1v) is 5.87. The molecular weight excluding hydrogens is 218 g/mol. The number of hydrogen-bond donors (Lipinski definition) is 0. The number of ether oxygens (including phenoxy) is 2. The first kappa shape index (κ1) is 13.6. The lowest BCUT2D eigenvalue weighted by atomic mass is 10.0. The lowest BCUT2D eigenvalue weighted by molar-refractivity contribution is 0.0578. The van der Waals surface area contributed by atoms with Gasteiger partial charge < -0.3 is 9.47 Å².